The molecule has 180 valence electrons. The lowest BCUT2D eigenvalue weighted by atomic mass is 10.1. The van der Waals surface area contributed by atoms with Crippen molar-refractivity contribution in [1.29, 1.82) is 0 Å². The Morgan fingerprint density at radius 1 is 0.889 bits per heavy atom. The summed E-state index contributed by atoms with van der Waals surface area (Å²) in [6.45, 7) is 0.328. The van der Waals surface area contributed by atoms with Gasteiger partial charge in [-0.1, -0.05) is 41.9 Å². The first-order valence-corrected chi connectivity index (χ1v) is 11.9. The number of nitrogens with zero attached hydrogens (tertiary/aromatic N) is 4. The molecule has 2 heterocycles. The van der Waals surface area contributed by atoms with Gasteiger partial charge < -0.3 is 4.90 Å². The first kappa shape index (κ1) is 23.5. The third kappa shape index (κ3) is 4.65. The van der Waals surface area contributed by atoms with Crippen LogP contribution in [-0.4, -0.2) is 39.4 Å². The summed E-state index contributed by atoms with van der Waals surface area (Å²) in [5, 5.41) is 5.44. The first-order chi connectivity index (χ1) is 17.4. The fourth-order valence-electron chi connectivity index (χ4n) is 4.25. The smallest absolute Gasteiger partial charge is 0.253 e. The molecule has 0 atom stereocenters. The van der Waals surface area contributed by atoms with E-state index in [0.717, 1.165) is 22.5 Å². The summed E-state index contributed by atoms with van der Waals surface area (Å²) in [5.74, 6) is -0.627. The number of aromatic nitrogens is 2. The average Bonchev–Trinajstić information content (AvgIpc) is 3.47. The Bertz CT molecular complexity index is 1410. The summed E-state index contributed by atoms with van der Waals surface area (Å²) in [6.07, 6.45) is 2.36. The second-order valence-electron chi connectivity index (χ2n) is 8.62. The van der Waals surface area contributed by atoms with Crippen LogP contribution in [0.4, 0.5) is 5.69 Å². The molecule has 1 aromatic heterocycles. The van der Waals surface area contributed by atoms with E-state index in [1.807, 2.05) is 60.8 Å². The summed E-state index contributed by atoms with van der Waals surface area (Å²) in [7, 11) is 1.73. The Hall–Kier alpha value is -4.23. The fraction of sp³-hybridized carbons (Fsp3) is 0.143. The second-order valence-corrected chi connectivity index (χ2v) is 9.06. The van der Waals surface area contributed by atoms with Crippen molar-refractivity contribution >= 4 is 35.0 Å². The Morgan fingerprint density at radius 2 is 1.53 bits per heavy atom. The lowest BCUT2D eigenvalue weighted by molar-refractivity contribution is -0.121. The van der Waals surface area contributed by atoms with Crippen LogP contribution in [-0.2, 0) is 16.1 Å². The molecule has 1 aliphatic heterocycles. The van der Waals surface area contributed by atoms with E-state index in [1.54, 1.807) is 40.9 Å². The maximum absolute atomic E-state index is 13.2. The third-order valence-corrected chi connectivity index (χ3v) is 6.36. The SMILES string of the molecule is CN(Cc1cn(-c2ccccc2)nc1-c1ccc(Cl)cc1)C(=O)c1ccc(N2C(=O)CCC2=O)cc1. The maximum atomic E-state index is 13.2. The maximum Gasteiger partial charge on any atom is 0.253 e. The van der Waals surface area contributed by atoms with Gasteiger partial charge >= 0.3 is 0 Å². The van der Waals surface area contributed by atoms with Crippen molar-refractivity contribution in [3.63, 3.8) is 0 Å². The molecule has 3 aromatic carbocycles. The number of anilines is 1. The van der Waals surface area contributed by atoms with E-state index >= 15 is 0 Å². The zero-order valence-electron chi connectivity index (χ0n) is 19.6. The zero-order chi connectivity index (χ0) is 25.2. The van der Waals surface area contributed by atoms with E-state index in [2.05, 4.69) is 0 Å². The highest BCUT2D eigenvalue weighted by atomic mass is 35.5. The van der Waals surface area contributed by atoms with Crippen molar-refractivity contribution in [3.05, 3.63) is 101 Å². The normalized spacial score (nSPS) is 13.3. The van der Waals surface area contributed by atoms with E-state index in [9.17, 15) is 14.4 Å². The average molecular weight is 499 g/mol. The number of benzene rings is 3. The summed E-state index contributed by atoms with van der Waals surface area (Å²) >= 11 is 6.08. The molecule has 7 nitrogen and oxygen atoms in total. The van der Waals surface area contributed by atoms with Crippen LogP contribution < -0.4 is 4.90 Å². The van der Waals surface area contributed by atoms with Gasteiger partial charge in [-0.2, -0.15) is 5.10 Å². The van der Waals surface area contributed by atoms with Crippen molar-refractivity contribution < 1.29 is 14.4 Å². The number of hydrogen-bond donors (Lipinski definition) is 0. The molecule has 4 aromatic rings. The molecular formula is C28H23ClN4O3. The van der Waals surface area contributed by atoms with E-state index in [0.29, 0.717) is 22.8 Å². The van der Waals surface area contributed by atoms with Crippen LogP contribution >= 0.6 is 11.6 Å². The highest BCUT2D eigenvalue weighted by molar-refractivity contribution is 6.30. The van der Waals surface area contributed by atoms with Gasteiger partial charge in [-0.15, -0.1) is 0 Å². The van der Waals surface area contributed by atoms with E-state index in [1.165, 1.54) is 4.90 Å². The number of hydrogen-bond acceptors (Lipinski definition) is 4. The minimum atomic E-state index is -0.221. The predicted octanol–water partition coefficient (Wildman–Crippen LogP) is 5.12. The van der Waals surface area contributed by atoms with Crippen molar-refractivity contribution in [3.8, 4) is 16.9 Å². The number of halogens is 1. The van der Waals surface area contributed by atoms with Crippen LogP contribution in [0.15, 0.2) is 85.1 Å². The lowest BCUT2D eigenvalue weighted by Crippen LogP contribution is -2.29. The van der Waals surface area contributed by atoms with Crippen molar-refractivity contribution in [2.45, 2.75) is 19.4 Å². The zero-order valence-corrected chi connectivity index (χ0v) is 20.4. The van der Waals surface area contributed by atoms with Gasteiger partial charge in [0, 0.05) is 54.3 Å². The Kier molecular flexibility index (Phi) is 6.40. The number of carbonyl (C=O) groups excluding carboxylic acids is 3. The summed E-state index contributed by atoms with van der Waals surface area (Å²) in [5.41, 5.74) is 4.39. The fourth-order valence-corrected chi connectivity index (χ4v) is 4.38. The molecule has 5 rings (SSSR count). The molecule has 8 heteroatoms. The van der Waals surface area contributed by atoms with Gasteiger partial charge in [-0.3, -0.25) is 19.3 Å². The minimum Gasteiger partial charge on any atom is -0.337 e. The van der Waals surface area contributed by atoms with Gasteiger partial charge in [-0.05, 0) is 48.5 Å². The molecule has 1 fully saturated rings. The van der Waals surface area contributed by atoms with Crippen molar-refractivity contribution in [1.82, 2.24) is 14.7 Å². The third-order valence-electron chi connectivity index (χ3n) is 6.11. The highest BCUT2D eigenvalue weighted by Gasteiger charge is 2.30. The molecular weight excluding hydrogens is 476 g/mol. The number of rotatable bonds is 6. The van der Waals surface area contributed by atoms with Crippen LogP contribution in [0.2, 0.25) is 5.02 Å². The first-order valence-electron chi connectivity index (χ1n) is 11.5. The quantitative estimate of drug-likeness (QED) is 0.346. The lowest BCUT2D eigenvalue weighted by Gasteiger charge is -2.18. The van der Waals surface area contributed by atoms with Crippen LogP contribution in [0.1, 0.15) is 28.8 Å². The number of carbonyl (C=O) groups is 3. The van der Waals surface area contributed by atoms with Crippen LogP contribution in [0, 0.1) is 0 Å². The van der Waals surface area contributed by atoms with Crippen molar-refractivity contribution in [2.75, 3.05) is 11.9 Å². The number of amides is 3. The van der Waals surface area contributed by atoms with E-state index in [4.69, 9.17) is 16.7 Å². The minimum absolute atomic E-state index is 0.185. The van der Waals surface area contributed by atoms with E-state index < -0.39 is 0 Å². The largest absolute Gasteiger partial charge is 0.337 e. The standard InChI is InChI=1S/C28H23ClN4O3/c1-31(28(36)20-9-13-24(14-10-20)33-25(34)15-16-26(33)35)17-21-18-32(23-5-3-2-4-6-23)30-27(21)19-7-11-22(29)12-8-19/h2-14,18H,15-17H2,1H3. The molecule has 1 aliphatic rings. The molecule has 36 heavy (non-hydrogen) atoms. The molecule has 0 radical (unpaired) electrons. The number of para-hydroxylation sites is 1. The highest BCUT2D eigenvalue weighted by Crippen LogP contribution is 2.27. The molecule has 0 saturated carbocycles. The Morgan fingerprint density at radius 3 is 2.17 bits per heavy atom. The second kappa shape index (κ2) is 9.79. The molecule has 0 unspecified atom stereocenters. The monoisotopic (exact) mass is 498 g/mol. The predicted molar refractivity (Wildman–Crippen MR) is 138 cm³/mol. The van der Waals surface area contributed by atoms with E-state index in [-0.39, 0.29) is 30.6 Å². The molecule has 0 aliphatic carbocycles. The molecule has 0 bridgehead atoms. The van der Waals surface area contributed by atoms with Gasteiger partial charge in [0.25, 0.3) is 5.91 Å². The summed E-state index contributed by atoms with van der Waals surface area (Å²) in [4.78, 5) is 40.0. The van der Waals surface area contributed by atoms with Crippen LogP contribution in [0.3, 0.4) is 0 Å². The van der Waals surface area contributed by atoms with Crippen LogP contribution in [0.25, 0.3) is 16.9 Å². The molecule has 3 amide bonds. The summed E-state index contributed by atoms with van der Waals surface area (Å²) in [6, 6.07) is 23.8. The Balaban J connectivity index is 1.40. The van der Waals surface area contributed by atoms with Gasteiger partial charge in [-0.25, -0.2) is 4.68 Å². The van der Waals surface area contributed by atoms with Gasteiger partial charge in [0.15, 0.2) is 0 Å². The van der Waals surface area contributed by atoms with Gasteiger partial charge in [0.1, 0.15) is 0 Å². The Labute approximate surface area is 213 Å². The van der Waals surface area contributed by atoms with Gasteiger partial charge in [0.05, 0.1) is 17.1 Å². The molecule has 0 spiro atoms. The topological polar surface area (TPSA) is 75.5 Å². The van der Waals surface area contributed by atoms with Crippen LogP contribution in [0.5, 0.6) is 0 Å². The van der Waals surface area contributed by atoms with Crippen molar-refractivity contribution in [2.24, 2.45) is 0 Å². The summed E-state index contributed by atoms with van der Waals surface area (Å²) < 4.78 is 1.80. The number of imide groups is 1. The van der Waals surface area contributed by atoms with Gasteiger partial charge in [0.2, 0.25) is 11.8 Å². The molecule has 1 saturated heterocycles. The molecule has 0 N–H and O–H groups in total.